The number of aliphatic hydroxyl groups is 1. The van der Waals surface area contributed by atoms with Crippen LogP contribution in [0.15, 0.2) is 24.3 Å². The molecule has 0 heterocycles. The average molecular weight is 210 g/mol. The molecule has 1 atom stereocenters. The largest absolute Gasteiger partial charge is 0.395 e. The number of benzene rings is 1. The summed E-state index contributed by atoms with van der Waals surface area (Å²) < 4.78 is 12.8. The summed E-state index contributed by atoms with van der Waals surface area (Å²) in [6.07, 6.45) is -0.382. The van der Waals surface area contributed by atoms with E-state index in [1.165, 1.54) is 0 Å². The first-order valence-electron chi connectivity index (χ1n) is 5.30. The van der Waals surface area contributed by atoms with Crippen molar-refractivity contribution >= 4 is 0 Å². The first-order valence-corrected chi connectivity index (χ1v) is 5.30. The maximum atomic E-state index is 12.8. The predicted molar refractivity (Wildman–Crippen MR) is 60.8 cm³/mol. The van der Waals surface area contributed by atoms with E-state index in [2.05, 4.69) is 0 Å². The van der Waals surface area contributed by atoms with Crippen molar-refractivity contribution < 1.29 is 9.50 Å². The molecule has 0 saturated carbocycles. The van der Waals surface area contributed by atoms with Crippen LogP contribution < -0.4 is 0 Å². The van der Waals surface area contributed by atoms with E-state index in [0.717, 1.165) is 11.1 Å². The first-order chi connectivity index (χ1) is 6.95. The minimum atomic E-state index is -0.822. The fourth-order valence-corrected chi connectivity index (χ4v) is 1.54. The van der Waals surface area contributed by atoms with E-state index >= 15 is 0 Å². The monoisotopic (exact) mass is 210 g/mol. The van der Waals surface area contributed by atoms with E-state index in [-0.39, 0.29) is 12.0 Å². The highest BCUT2D eigenvalue weighted by Gasteiger charge is 2.19. The van der Waals surface area contributed by atoms with Crippen molar-refractivity contribution in [2.24, 2.45) is 0 Å². The lowest BCUT2D eigenvalue weighted by atomic mass is 9.84. The molecule has 1 N–H and O–H groups in total. The zero-order valence-electron chi connectivity index (χ0n) is 9.63. The minimum Gasteiger partial charge on any atom is -0.395 e. The van der Waals surface area contributed by atoms with Gasteiger partial charge in [-0.15, -0.1) is 0 Å². The molecule has 0 amide bonds. The van der Waals surface area contributed by atoms with Crippen molar-refractivity contribution in [3.63, 3.8) is 0 Å². The van der Waals surface area contributed by atoms with Gasteiger partial charge in [0.15, 0.2) is 0 Å². The van der Waals surface area contributed by atoms with Crippen LogP contribution in [0.3, 0.4) is 0 Å². The summed E-state index contributed by atoms with van der Waals surface area (Å²) >= 11 is 0. The summed E-state index contributed by atoms with van der Waals surface area (Å²) in [6, 6.07) is 7.80. The molecule has 0 aliphatic rings. The maximum Gasteiger partial charge on any atom is 0.101 e. The Hall–Kier alpha value is -0.890. The van der Waals surface area contributed by atoms with Gasteiger partial charge < -0.3 is 5.11 Å². The van der Waals surface area contributed by atoms with E-state index in [9.17, 15) is 9.50 Å². The molecule has 0 aromatic heterocycles. The van der Waals surface area contributed by atoms with E-state index < -0.39 is 6.17 Å². The lowest BCUT2D eigenvalue weighted by Crippen LogP contribution is -2.22. The number of hydrogen-bond acceptors (Lipinski definition) is 1. The predicted octanol–water partition coefficient (Wildman–Crippen LogP) is 2.86. The molecule has 0 bridgehead atoms. The van der Waals surface area contributed by atoms with Crippen molar-refractivity contribution in [2.45, 2.75) is 38.8 Å². The Bertz CT molecular complexity index is 318. The second-order valence-electron chi connectivity index (χ2n) is 4.73. The van der Waals surface area contributed by atoms with Gasteiger partial charge in [0.25, 0.3) is 0 Å². The Morgan fingerprint density at radius 2 is 2.07 bits per heavy atom. The van der Waals surface area contributed by atoms with Crippen LogP contribution in [0.5, 0.6) is 0 Å². The Morgan fingerprint density at radius 1 is 1.40 bits per heavy atom. The molecular formula is C13H19FO. The lowest BCUT2D eigenvalue weighted by molar-refractivity contribution is 0.218. The Kier molecular flexibility index (Phi) is 3.86. The average Bonchev–Trinajstić information content (AvgIpc) is 2.17. The van der Waals surface area contributed by atoms with Crippen LogP contribution in [-0.2, 0) is 11.8 Å². The van der Waals surface area contributed by atoms with Crippen molar-refractivity contribution in [3.8, 4) is 0 Å². The van der Waals surface area contributed by atoms with Gasteiger partial charge >= 0.3 is 0 Å². The zero-order chi connectivity index (χ0) is 11.5. The summed E-state index contributed by atoms with van der Waals surface area (Å²) in [6.45, 7) is 5.61. The highest BCUT2D eigenvalue weighted by molar-refractivity contribution is 5.29. The summed E-state index contributed by atoms with van der Waals surface area (Å²) in [4.78, 5) is 0. The number of hydrogen-bond donors (Lipinski definition) is 1. The van der Waals surface area contributed by atoms with E-state index in [1.807, 2.05) is 38.1 Å². The molecule has 0 aliphatic carbocycles. The van der Waals surface area contributed by atoms with Gasteiger partial charge in [-0.05, 0) is 18.1 Å². The fraction of sp³-hybridized carbons (Fsp3) is 0.538. The molecule has 1 nitrogen and oxygen atoms in total. The summed E-state index contributed by atoms with van der Waals surface area (Å²) in [5.41, 5.74) is 1.79. The van der Waals surface area contributed by atoms with Gasteiger partial charge in [0.05, 0.1) is 6.61 Å². The first kappa shape index (κ1) is 12.2. The molecule has 1 unspecified atom stereocenters. The standard InChI is InChI=1S/C13H19FO/c1-10(14)7-11-5-4-6-12(8-11)13(2,3)9-15/h4-6,8,10,15H,7,9H2,1-3H3. The van der Waals surface area contributed by atoms with Crippen LogP contribution in [0, 0.1) is 0 Å². The van der Waals surface area contributed by atoms with E-state index in [4.69, 9.17) is 0 Å². The molecule has 1 rings (SSSR count). The molecular weight excluding hydrogens is 191 g/mol. The third-order valence-corrected chi connectivity index (χ3v) is 2.62. The SMILES string of the molecule is CC(F)Cc1cccc(C(C)(C)CO)c1. The van der Waals surface area contributed by atoms with Crippen LogP contribution in [0.25, 0.3) is 0 Å². The summed E-state index contributed by atoms with van der Waals surface area (Å²) in [5, 5.41) is 9.25. The third-order valence-electron chi connectivity index (χ3n) is 2.62. The summed E-state index contributed by atoms with van der Waals surface area (Å²) in [5.74, 6) is 0. The molecule has 0 radical (unpaired) electrons. The van der Waals surface area contributed by atoms with Gasteiger partial charge in [-0.25, -0.2) is 4.39 Å². The topological polar surface area (TPSA) is 20.2 Å². The van der Waals surface area contributed by atoms with Crippen LogP contribution >= 0.6 is 0 Å². The molecule has 2 heteroatoms. The van der Waals surface area contributed by atoms with Gasteiger partial charge in [-0.2, -0.15) is 0 Å². The molecule has 1 aromatic carbocycles. The molecule has 0 saturated heterocycles. The number of halogens is 1. The van der Waals surface area contributed by atoms with Crippen LogP contribution in [-0.4, -0.2) is 17.9 Å². The molecule has 1 aromatic rings. The van der Waals surface area contributed by atoms with Crippen molar-refractivity contribution in [3.05, 3.63) is 35.4 Å². The Morgan fingerprint density at radius 3 is 2.60 bits per heavy atom. The van der Waals surface area contributed by atoms with Gasteiger partial charge in [0, 0.05) is 11.8 Å². The van der Waals surface area contributed by atoms with Crippen LogP contribution in [0.1, 0.15) is 31.9 Å². The maximum absolute atomic E-state index is 12.8. The number of aliphatic hydroxyl groups excluding tert-OH is 1. The highest BCUT2D eigenvalue weighted by atomic mass is 19.1. The summed E-state index contributed by atoms with van der Waals surface area (Å²) in [7, 11) is 0. The second kappa shape index (κ2) is 4.75. The van der Waals surface area contributed by atoms with Gasteiger partial charge in [-0.1, -0.05) is 38.1 Å². The van der Waals surface area contributed by atoms with Crippen molar-refractivity contribution in [1.29, 1.82) is 0 Å². The molecule has 84 valence electrons. The van der Waals surface area contributed by atoms with Gasteiger partial charge in [0.2, 0.25) is 0 Å². The van der Waals surface area contributed by atoms with E-state index in [1.54, 1.807) is 6.92 Å². The smallest absolute Gasteiger partial charge is 0.101 e. The zero-order valence-corrected chi connectivity index (χ0v) is 9.63. The van der Waals surface area contributed by atoms with Crippen molar-refractivity contribution in [2.75, 3.05) is 6.61 Å². The van der Waals surface area contributed by atoms with Crippen molar-refractivity contribution in [1.82, 2.24) is 0 Å². The fourth-order valence-electron chi connectivity index (χ4n) is 1.54. The van der Waals surface area contributed by atoms with Crippen LogP contribution in [0.4, 0.5) is 4.39 Å². The quantitative estimate of drug-likeness (QED) is 0.810. The number of rotatable bonds is 4. The molecule has 0 fully saturated rings. The third kappa shape index (κ3) is 3.31. The Balaban J connectivity index is 2.92. The molecule has 15 heavy (non-hydrogen) atoms. The van der Waals surface area contributed by atoms with E-state index in [0.29, 0.717) is 6.42 Å². The Labute approximate surface area is 90.9 Å². The van der Waals surface area contributed by atoms with Gasteiger partial charge in [-0.3, -0.25) is 0 Å². The number of alkyl halides is 1. The lowest BCUT2D eigenvalue weighted by Gasteiger charge is -2.22. The molecule has 0 aliphatic heterocycles. The second-order valence-corrected chi connectivity index (χ2v) is 4.73. The van der Waals surface area contributed by atoms with Crippen LogP contribution in [0.2, 0.25) is 0 Å². The molecule has 0 spiro atoms. The minimum absolute atomic E-state index is 0.0988. The van der Waals surface area contributed by atoms with Gasteiger partial charge in [0.1, 0.15) is 6.17 Å². The highest BCUT2D eigenvalue weighted by Crippen LogP contribution is 2.23. The normalized spacial score (nSPS) is 13.9.